The monoisotopic (exact) mass is 365 g/mol. The second-order valence-electron chi connectivity index (χ2n) is 6.54. The molecule has 0 bridgehead atoms. The largest absolute Gasteiger partial charge is 0.592 e. The van der Waals surface area contributed by atoms with E-state index >= 15 is 0 Å². The molecule has 4 aromatic carbocycles. The van der Waals surface area contributed by atoms with E-state index in [2.05, 4.69) is 24.3 Å². The first-order chi connectivity index (χ1) is 13.7. The zero-order valence-electron chi connectivity index (χ0n) is 15.3. The topological polar surface area (TPSA) is 43.7 Å². The van der Waals surface area contributed by atoms with Gasteiger partial charge in [-0.2, -0.15) is 0 Å². The fraction of sp³-hybridized carbons (Fsp3) is 0. The summed E-state index contributed by atoms with van der Waals surface area (Å²) in [6.07, 6.45) is 0. The first kappa shape index (κ1) is 18.0. The Morgan fingerprint density at radius 2 is 0.750 bits per heavy atom. The molecule has 0 heterocycles. The van der Waals surface area contributed by atoms with Gasteiger partial charge in [-0.1, -0.05) is 84.9 Å². The highest BCUT2D eigenvalue weighted by molar-refractivity contribution is 6.49. The van der Waals surface area contributed by atoms with Crippen LogP contribution in [-0.4, -0.2) is 17.3 Å². The number of anilines is 2. The van der Waals surface area contributed by atoms with Crippen LogP contribution in [0.5, 0.6) is 0 Å². The Bertz CT molecular complexity index is 935. The number of benzene rings is 4. The maximum absolute atomic E-state index is 9.97. The molecule has 0 amide bonds. The highest BCUT2D eigenvalue weighted by Crippen LogP contribution is 2.30. The summed E-state index contributed by atoms with van der Waals surface area (Å²) in [4.78, 5) is 1.49. The van der Waals surface area contributed by atoms with Crippen molar-refractivity contribution in [1.82, 2.24) is 0 Å². The van der Waals surface area contributed by atoms with E-state index in [0.717, 1.165) is 22.3 Å². The molecule has 4 rings (SSSR count). The second-order valence-corrected chi connectivity index (χ2v) is 6.54. The molecular weight excluding hydrogens is 345 g/mol. The average Bonchev–Trinajstić information content (AvgIpc) is 2.76. The van der Waals surface area contributed by atoms with Crippen molar-refractivity contribution in [3.8, 4) is 22.3 Å². The molecule has 0 unspecified atom stereocenters. The van der Waals surface area contributed by atoms with Gasteiger partial charge >= 0.3 is 7.25 Å². The molecule has 0 aliphatic carbocycles. The second kappa shape index (κ2) is 8.13. The van der Waals surface area contributed by atoms with Gasteiger partial charge in [0.2, 0.25) is 0 Å². The van der Waals surface area contributed by atoms with Crippen LogP contribution in [0.25, 0.3) is 22.3 Å². The lowest BCUT2D eigenvalue weighted by molar-refractivity contribution is 0.407. The lowest BCUT2D eigenvalue weighted by Crippen LogP contribution is -2.35. The van der Waals surface area contributed by atoms with Crippen molar-refractivity contribution in [2.45, 2.75) is 0 Å². The summed E-state index contributed by atoms with van der Waals surface area (Å²) in [6.45, 7) is 0. The number of hydrogen-bond donors (Lipinski definition) is 2. The summed E-state index contributed by atoms with van der Waals surface area (Å²) >= 11 is 0. The van der Waals surface area contributed by atoms with E-state index in [9.17, 15) is 10.0 Å². The van der Waals surface area contributed by atoms with Crippen LogP contribution in [0.2, 0.25) is 0 Å². The Hall–Kier alpha value is -3.34. The molecule has 0 aliphatic rings. The standard InChI is InChI=1S/C24H20BNO2/c27-25(28)26(23-15-11-21(12-16-23)19-7-3-1-4-8-19)24-17-13-22(14-18-24)20-9-5-2-6-10-20/h1-18,27-28H. The van der Waals surface area contributed by atoms with Gasteiger partial charge in [0.1, 0.15) is 0 Å². The molecule has 0 saturated carbocycles. The summed E-state index contributed by atoms with van der Waals surface area (Å²) in [6, 6.07) is 35.7. The summed E-state index contributed by atoms with van der Waals surface area (Å²) in [5.74, 6) is 0. The molecule has 0 aromatic heterocycles. The van der Waals surface area contributed by atoms with Gasteiger partial charge in [0.25, 0.3) is 0 Å². The van der Waals surface area contributed by atoms with Crippen molar-refractivity contribution in [1.29, 1.82) is 0 Å². The molecule has 0 radical (unpaired) electrons. The van der Waals surface area contributed by atoms with Crippen molar-refractivity contribution in [3.05, 3.63) is 109 Å². The van der Waals surface area contributed by atoms with Gasteiger partial charge in [0.15, 0.2) is 0 Å². The summed E-state index contributed by atoms with van der Waals surface area (Å²) < 4.78 is 0. The molecule has 3 nitrogen and oxygen atoms in total. The third-order valence-corrected chi connectivity index (χ3v) is 4.74. The van der Waals surface area contributed by atoms with Crippen LogP contribution in [0.15, 0.2) is 109 Å². The fourth-order valence-electron chi connectivity index (χ4n) is 3.31. The molecule has 0 aliphatic heterocycles. The van der Waals surface area contributed by atoms with E-state index < -0.39 is 7.25 Å². The van der Waals surface area contributed by atoms with Crippen molar-refractivity contribution in [2.24, 2.45) is 0 Å². The first-order valence-corrected chi connectivity index (χ1v) is 9.19. The van der Waals surface area contributed by atoms with E-state index in [1.807, 2.05) is 84.9 Å². The van der Waals surface area contributed by atoms with Gasteiger partial charge < -0.3 is 14.9 Å². The normalized spacial score (nSPS) is 10.5. The van der Waals surface area contributed by atoms with Gasteiger partial charge in [0.05, 0.1) is 0 Å². The van der Waals surface area contributed by atoms with E-state index in [1.165, 1.54) is 4.81 Å². The lowest BCUT2D eigenvalue weighted by Gasteiger charge is -2.24. The highest BCUT2D eigenvalue weighted by atomic mass is 16.4. The minimum absolute atomic E-state index is 0.710. The maximum atomic E-state index is 9.97. The van der Waals surface area contributed by atoms with Gasteiger partial charge in [0, 0.05) is 11.4 Å². The Morgan fingerprint density at radius 3 is 1.07 bits per heavy atom. The Morgan fingerprint density at radius 1 is 0.429 bits per heavy atom. The van der Waals surface area contributed by atoms with Crippen LogP contribution < -0.4 is 4.81 Å². The molecule has 28 heavy (non-hydrogen) atoms. The summed E-state index contributed by atoms with van der Waals surface area (Å²) in [5, 5.41) is 19.9. The zero-order chi connectivity index (χ0) is 19.3. The minimum Gasteiger partial charge on any atom is -0.407 e. The summed E-state index contributed by atoms with van der Waals surface area (Å²) in [7, 11) is -1.63. The minimum atomic E-state index is -1.63. The fourth-order valence-corrected chi connectivity index (χ4v) is 3.31. The molecular formula is C24H20BNO2. The lowest BCUT2D eigenvalue weighted by atomic mass is 9.98. The smallest absolute Gasteiger partial charge is 0.407 e. The van der Waals surface area contributed by atoms with Gasteiger partial charge in [-0.3, -0.25) is 0 Å². The van der Waals surface area contributed by atoms with Crippen LogP contribution in [0, 0.1) is 0 Å². The number of rotatable bonds is 5. The summed E-state index contributed by atoms with van der Waals surface area (Å²) in [5.41, 5.74) is 5.83. The van der Waals surface area contributed by atoms with Crippen molar-refractivity contribution >= 4 is 18.6 Å². The van der Waals surface area contributed by atoms with E-state index in [0.29, 0.717) is 11.4 Å². The molecule has 0 spiro atoms. The first-order valence-electron chi connectivity index (χ1n) is 9.19. The zero-order valence-corrected chi connectivity index (χ0v) is 15.3. The third-order valence-electron chi connectivity index (χ3n) is 4.74. The van der Waals surface area contributed by atoms with Crippen molar-refractivity contribution in [3.63, 3.8) is 0 Å². The SMILES string of the molecule is OB(O)N(c1ccc(-c2ccccc2)cc1)c1ccc(-c2ccccc2)cc1. The van der Waals surface area contributed by atoms with Crippen LogP contribution in [0.4, 0.5) is 11.4 Å². The number of nitrogens with zero attached hydrogens (tertiary/aromatic N) is 1. The Labute approximate surface area is 165 Å². The van der Waals surface area contributed by atoms with Crippen LogP contribution in [0.1, 0.15) is 0 Å². The van der Waals surface area contributed by atoms with E-state index in [-0.39, 0.29) is 0 Å². The molecule has 4 aromatic rings. The predicted octanol–water partition coefficient (Wildman–Crippen LogP) is 5.13. The van der Waals surface area contributed by atoms with Crippen LogP contribution >= 0.6 is 0 Å². The average molecular weight is 365 g/mol. The maximum Gasteiger partial charge on any atom is 0.592 e. The highest BCUT2D eigenvalue weighted by Gasteiger charge is 2.23. The van der Waals surface area contributed by atoms with E-state index in [4.69, 9.17) is 0 Å². The van der Waals surface area contributed by atoms with Crippen LogP contribution in [-0.2, 0) is 0 Å². The van der Waals surface area contributed by atoms with Crippen LogP contribution in [0.3, 0.4) is 0 Å². The molecule has 136 valence electrons. The van der Waals surface area contributed by atoms with Gasteiger partial charge in [-0.05, 0) is 46.5 Å². The van der Waals surface area contributed by atoms with Crippen molar-refractivity contribution in [2.75, 3.05) is 4.81 Å². The molecule has 0 atom stereocenters. The van der Waals surface area contributed by atoms with Crippen molar-refractivity contribution < 1.29 is 10.0 Å². The van der Waals surface area contributed by atoms with Gasteiger partial charge in [-0.15, -0.1) is 0 Å². The molecule has 2 N–H and O–H groups in total. The molecule has 0 saturated heterocycles. The van der Waals surface area contributed by atoms with Gasteiger partial charge in [-0.25, -0.2) is 0 Å². The third kappa shape index (κ3) is 3.84. The Kier molecular flexibility index (Phi) is 5.24. The Balaban J connectivity index is 1.62. The molecule has 4 heteroatoms. The predicted molar refractivity (Wildman–Crippen MR) is 116 cm³/mol. The number of hydrogen-bond acceptors (Lipinski definition) is 3. The van der Waals surface area contributed by atoms with E-state index in [1.54, 1.807) is 0 Å². The quantitative estimate of drug-likeness (QED) is 0.482. The molecule has 0 fully saturated rings.